The Morgan fingerprint density at radius 1 is 1.22 bits per heavy atom. The fraction of sp³-hybridized carbons (Fsp3) is 0.429. The molecule has 0 bridgehead atoms. The van der Waals surface area contributed by atoms with Crippen LogP contribution in [0.15, 0.2) is 28.8 Å². The quantitative estimate of drug-likeness (QED) is 0.882. The molecule has 1 aliphatic rings. The number of aliphatic carboxylic acids is 1. The fourth-order valence-corrected chi connectivity index (χ4v) is 2.94. The van der Waals surface area contributed by atoms with Gasteiger partial charge in [0.15, 0.2) is 5.58 Å². The van der Waals surface area contributed by atoms with E-state index >= 15 is 0 Å². The first-order chi connectivity index (χ1) is 8.74. The first-order valence-electron chi connectivity index (χ1n) is 6.32. The summed E-state index contributed by atoms with van der Waals surface area (Å²) >= 11 is 0. The van der Waals surface area contributed by atoms with Crippen molar-refractivity contribution in [2.24, 2.45) is 0 Å². The zero-order chi connectivity index (χ0) is 12.6. The molecule has 1 aliphatic carbocycles. The van der Waals surface area contributed by atoms with Crippen LogP contribution in [0.5, 0.6) is 0 Å². The zero-order valence-electron chi connectivity index (χ0n) is 10.1. The van der Waals surface area contributed by atoms with Gasteiger partial charge in [-0.2, -0.15) is 0 Å². The van der Waals surface area contributed by atoms with Crippen LogP contribution < -0.4 is 0 Å². The van der Waals surface area contributed by atoms with Crippen LogP contribution in [-0.2, 0) is 10.2 Å². The van der Waals surface area contributed by atoms with E-state index in [4.69, 9.17) is 4.52 Å². The predicted octanol–water partition coefficient (Wildman–Crippen LogP) is 3.11. The predicted molar refractivity (Wildman–Crippen MR) is 66.4 cm³/mol. The van der Waals surface area contributed by atoms with Crippen molar-refractivity contribution >= 4 is 16.9 Å². The van der Waals surface area contributed by atoms with Gasteiger partial charge >= 0.3 is 5.97 Å². The molecule has 0 saturated heterocycles. The first kappa shape index (κ1) is 11.3. The molecule has 0 spiro atoms. The summed E-state index contributed by atoms with van der Waals surface area (Å²) in [6, 6.07) is 7.47. The minimum absolute atomic E-state index is 0.602. The van der Waals surface area contributed by atoms with Gasteiger partial charge in [-0.3, -0.25) is 4.79 Å². The molecule has 1 N–H and O–H groups in total. The maximum Gasteiger partial charge on any atom is 0.315 e. The van der Waals surface area contributed by atoms with E-state index in [9.17, 15) is 9.90 Å². The Morgan fingerprint density at radius 3 is 2.67 bits per heavy atom. The fourth-order valence-electron chi connectivity index (χ4n) is 2.94. The lowest BCUT2D eigenvalue weighted by Gasteiger charge is -2.31. The van der Waals surface area contributed by atoms with Crippen LogP contribution in [0.1, 0.15) is 37.8 Å². The van der Waals surface area contributed by atoms with Crippen LogP contribution in [-0.4, -0.2) is 16.2 Å². The van der Waals surface area contributed by atoms with Crippen molar-refractivity contribution in [3.05, 3.63) is 30.0 Å². The van der Waals surface area contributed by atoms with Crippen molar-refractivity contribution in [1.29, 1.82) is 0 Å². The first-order valence-corrected chi connectivity index (χ1v) is 6.32. The lowest BCUT2D eigenvalue weighted by atomic mass is 9.71. The summed E-state index contributed by atoms with van der Waals surface area (Å²) in [5.41, 5.74) is 0.411. The van der Waals surface area contributed by atoms with Gasteiger partial charge in [0.2, 0.25) is 0 Å². The molecule has 1 heterocycles. The third kappa shape index (κ3) is 1.52. The van der Waals surface area contributed by atoms with Gasteiger partial charge in [0.1, 0.15) is 11.1 Å². The largest absolute Gasteiger partial charge is 0.481 e. The van der Waals surface area contributed by atoms with E-state index in [2.05, 4.69) is 5.16 Å². The average molecular weight is 245 g/mol. The van der Waals surface area contributed by atoms with Gasteiger partial charge in [0.05, 0.1) is 0 Å². The second-order valence-corrected chi connectivity index (χ2v) is 4.98. The SMILES string of the molecule is O=C(O)C1(c2noc3ccccc23)CCCCC1. The Morgan fingerprint density at radius 2 is 1.94 bits per heavy atom. The van der Waals surface area contributed by atoms with Crippen LogP contribution in [0.25, 0.3) is 11.0 Å². The molecule has 1 saturated carbocycles. The van der Waals surface area contributed by atoms with E-state index in [-0.39, 0.29) is 0 Å². The lowest BCUT2D eigenvalue weighted by molar-refractivity contribution is -0.145. The molecular formula is C14H15NO3. The Bertz CT molecular complexity index is 581. The highest BCUT2D eigenvalue weighted by Crippen LogP contribution is 2.41. The molecule has 1 fully saturated rings. The van der Waals surface area contributed by atoms with E-state index in [1.54, 1.807) is 0 Å². The van der Waals surface area contributed by atoms with Gasteiger partial charge in [0, 0.05) is 5.39 Å². The van der Waals surface area contributed by atoms with Crippen LogP contribution in [0, 0.1) is 0 Å². The highest BCUT2D eigenvalue weighted by Gasteiger charge is 2.44. The van der Waals surface area contributed by atoms with E-state index in [0.717, 1.165) is 24.6 Å². The molecule has 18 heavy (non-hydrogen) atoms. The van der Waals surface area contributed by atoms with Gasteiger partial charge in [-0.15, -0.1) is 0 Å². The Labute approximate surface area is 105 Å². The minimum Gasteiger partial charge on any atom is -0.481 e. The van der Waals surface area contributed by atoms with Crippen LogP contribution in [0.3, 0.4) is 0 Å². The van der Waals surface area contributed by atoms with E-state index in [0.29, 0.717) is 24.1 Å². The van der Waals surface area contributed by atoms with Crippen molar-refractivity contribution in [1.82, 2.24) is 5.16 Å². The number of hydrogen-bond donors (Lipinski definition) is 1. The number of carbonyl (C=O) groups is 1. The van der Waals surface area contributed by atoms with Crippen molar-refractivity contribution in [3.63, 3.8) is 0 Å². The molecule has 1 aromatic carbocycles. The number of benzene rings is 1. The Balaban J connectivity index is 2.18. The van der Waals surface area contributed by atoms with Gasteiger partial charge in [0.25, 0.3) is 0 Å². The molecule has 1 aromatic heterocycles. The second kappa shape index (κ2) is 4.12. The van der Waals surface area contributed by atoms with Crippen LogP contribution >= 0.6 is 0 Å². The second-order valence-electron chi connectivity index (χ2n) is 4.98. The van der Waals surface area contributed by atoms with Gasteiger partial charge in [-0.1, -0.05) is 36.6 Å². The third-order valence-corrected chi connectivity index (χ3v) is 3.95. The summed E-state index contributed by atoms with van der Waals surface area (Å²) in [7, 11) is 0. The summed E-state index contributed by atoms with van der Waals surface area (Å²) in [6.45, 7) is 0. The van der Waals surface area contributed by atoms with E-state index in [1.807, 2.05) is 24.3 Å². The number of carboxylic acids is 1. The monoisotopic (exact) mass is 245 g/mol. The average Bonchev–Trinajstić information content (AvgIpc) is 2.83. The molecule has 4 heteroatoms. The number of hydrogen-bond acceptors (Lipinski definition) is 3. The van der Waals surface area contributed by atoms with Gasteiger partial charge < -0.3 is 9.63 Å². The van der Waals surface area contributed by atoms with Gasteiger partial charge in [-0.05, 0) is 25.0 Å². The number of para-hydroxylation sites is 1. The van der Waals surface area contributed by atoms with Crippen molar-refractivity contribution in [3.8, 4) is 0 Å². The molecule has 0 unspecified atom stereocenters. The topological polar surface area (TPSA) is 63.3 Å². The zero-order valence-corrected chi connectivity index (χ0v) is 10.1. The van der Waals surface area contributed by atoms with Crippen molar-refractivity contribution < 1.29 is 14.4 Å². The maximum atomic E-state index is 11.7. The molecule has 2 aromatic rings. The summed E-state index contributed by atoms with van der Waals surface area (Å²) in [5.74, 6) is -0.777. The third-order valence-electron chi connectivity index (χ3n) is 3.95. The highest BCUT2D eigenvalue weighted by atomic mass is 16.5. The van der Waals surface area contributed by atoms with Crippen molar-refractivity contribution in [2.45, 2.75) is 37.5 Å². The normalized spacial score (nSPS) is 18.9. The molecule has 0 atom stereocenters. The Kier molecular flexibility index (Phi) is 2.58. The molecular weight excluding hydrogens is 230 g/mol. The standard InChI is InChI=1S/C14H15NO3/c16-13(17)14(8-4-1-5-9-14)12-10-6-2-3-7-11(10)18-15-12/h2-3,6-7H,1,4-5,8-9H2,(H,16,17). The number of carboxylic acid groups (broad SMARTS) is 1. The summed E-state index contributed by atoms with van der Waals surface area (Å²) in [6.07, 6.45) is 4.28. The minimum atomic E-state index is -0.856. The van der Waals surface area contributed by atoms with Crippen molar-refractivity contribution in [2.75, 3.05) is 0 Å². The molecule has 0 amide bonds. The molecule has 4 nitrogen and oxygen atoms in total. The maximum absolute atomic E-state index is 11.7. The molecule has 0 aliphatic heterocycles. The number of nitrogens with zero attached hydrogens (tertiary/aromatic N) is 1. The number of rotatable bonds is 2. The van der Waals surface area contributed by atoms with E-state index < -0.39 is 11.4 Å². The molecule has 0 radical (unpaired) electrons. The number of fused-ring (bicyclic) bond motifs is 1. The lowest BCUT2D eigenvalue weighted by Crippen LogP contribution is -2.38. The summed E-state index contributed by atoms with van der Waals surface area (Å²) in [5, 5.41) is 14.5. The smallest absolute Gasteiger partial charge is 0.315 e. The number of aromatic nitrogens is 1. The molecule has 3 rings (SSSR count). The highest BCUT2D eigenvalue weighted by molar-refractivity contribution is 5.89. The summed E-state index contributed by atoms with van der Waals surface area (Å²) < 4.78 is 5.26. The van der Waals surface area contributed by atoms with Crippen LogP contribution in [0.4, 0.5) is 0 Å². The molecule has 94 valence electrons. The van der Waals surface area contributed by atoms with Gasteiger partial charge in [-0.25, -0.2) is 0 Å². The van der Waals surface area contributed by atoms with E-state index in [1.165, 1.54) is 0 Å². The summed E-state index contributed by atoms with van der Waals surface area (Å²) in [4.78, 5) is 11.7. The van der Waals surface area contributed by atoms with Crippen LogP contribution in [0.2, 0.25) is 0 Å². The Hall–Kier alpha value is -1.84.